The van der Waals surface area contributed by atoms with Gasteiger partial charge in [-0.15, -0.1) is 0 Å². The Morgan fingerprint density at radius 2 is 1.89 bits per heavy atom. The van der Waals surface area contributed by atoms with Crippen molar-refractivity contribution >= 4 is 11.8 Å². The molecule has 10 heteroatoms. The number of aromatic nitrogens is 4. The van der Waals surface area contributed by atoms with Crippen LogP contribution in [0.15, 0.2) is 30.5 Å². The van der Waals surface area contributed by atoms with Gasteiger partial charge in [-0.25, -0.2) is 9.37 Å². The highest BCUT2D eigenvalue weighted by Gasteiger charge is 2.30. The molecule has 3 heterocycles. The van der Waals surface area contributed by atoms with Crippen molar-refractivity contribution in [2.75, 3.05) is 17.2 Å². The van der Waals surface area contributed by atoms with Crippen LogP contribution in [0.2, 0.25) is 0 Å². The molecule has 1 aliphatic rings. The molecular formula is C17H14F4N6. The molecule has 0 bridgehead atoms. The van der Waals surface area contributed by atoms with Crippen LogP contribution in [0, 0.1) is 5.82 Å². The molecule has 1 aromatic carbocycles. The smallest absolute Gasteiger partial charge is 0.381 e. The lowest BCUT2D eigenvalue weighted by atomic mass is 10.0. The predicted molar refractivity (Wildman–Crippen MR) is 90.2 cm³/mol. The summed E-state index contributed by atoms with van der Waals surface area (Å²) in [5, 5.41) is 7.20. The Balaban J connectivity index is 1.64. The summed E-state index contributed by atoms with van der Waals surface area (Å²) >= 11 is 0. The Bertz CT molecular complexity index is 980. The number of hydrogen-bond donors (Lipinski definition) is 2. The van der Waals surface area contributed by atoms with Crippen molar-refractivity contribution in [2.45, 2.75) is 19.1 Å². The van der Waals surface area contributed by atoms with E-state index >= 15 is 0 Å². The van der Waals surface area contributed by atoms with Crippen LogP contribution in [0.1, 0.15) is 16.8 Å². The summed E-state index contributed by atoms with van der Waals surface area (Å²) in [6.07, 6.45) is -2.76. The first-order valence-corrected chi connectivity index (χ1v) is 8.09. The van der Waals surface area contributed by atoms with Gasteiger partial charge in [0.2, 0.25) is 5.95 Å². The number of nitrogens with one attached hydrogen (secondary N) is 1. The van der Waals surface area contributed by atoms with Gasteiger partial charge in [0.05, 0.1) is 17.5 Å². The molecule has 0 radical (unpaired) electrons. The number of nitrogens with zero attached hydrogens (tertiary/aromatic N) is 4. The Kier molecular flexibility index (Phi) is 3.97. The van der Waals surface area contributed by atoms with Crippen molar-refractivity contribution in [3.05, 3.63) is 53.1 Å². The quantitative estimate of drug-likeness (QED) is 0.670. The summed E-state index contributed by atoms with van der Waals surface area (Å²) in [6, 6.07) is 4.84. The number of hydrogen-bond acceptors (Lipinski definition) is 5. The fourth-order valence-corrected chi connectivity index (χ4v) is 3.04. The molecule has 1 aliphatic heterocycles. The molecule has 6 nitrogen and oxygen atoms in total. The van der Waals surface area contributed by atoms with E-state index in [0.717, 1.165) is 29.6 Å². The largest absolute Gasteiger partial charge is 0.416 e. The van der Waals surface area contributed by atoms with Crippen LogP contribution in [-0.2, 0) is 19.1 Å². The average Bonchev–Trinajstić information content (AvgIpc) is 3.06. The zero-order chi connectivity index (χ0) is 19.2. The van der Waals surface area contributed by atoms with Crippen LogP contribution in [0.4, 0.5) is 29.3 Å². The van der Waals surface area contributed by atoms with Gasteiger partial charge in [0.25, 0.3) is 0 Å². The number of nitrogen functional groups attached to an aromatic ring is 1. The van der Waals surface area contributed by atoms with Crippen LogP contribution in [0.3, 0.4) is 0 Å². The standard InChI is InChI=1S/C17H14F4N6/c18-12-7-23-16(24-15(12)22)27-6-5-13-11(8-27)14(26-25-13)9-1-3-10(4-2-9)17(19,20)21/h1-4,7H,5-6,8H2,(H,25,26)(H2,22,23,24). The van der Waals surface area contributed by atoms with Gasteiger partial charge in [-0.3, -0.25) is 5.10 Å². The fourth-order valence-electron chi connectivity index (χ4n) is 3.04. The fraction of sp³-hybridized carbons (Fsp3) is 0.235. The number of benzene rings is 1. The second-order valence-electron chi connectivity index (χ2n) is 6.18. The lowest BCUT2D eigenvalue weighted by molar-refractivity contribution is -0.137. The number of anilines is 2. The van der Waals surface area contributed by atoms with Crippen LogP contribution in [0.25, 0.3) is 11.3 Å². The SMILES string of the molecule is Nc1nc(N2CCc3[nH]nc(-c4ccc(C(F)(F)F)cc4)c3C2)ncc1F. The number of H-pyrrole nitrogens is 1. The van der Waals surface area contributed by atoms with Crippen molar-refractivity contribution in [3.8, 4) is 11.3 Å². The molecule has 0 unspecified atom stereocenters. The van der Waals surface area contributed by atoms with Crippen molar-refractivity contribution < 1.29 is 17.6 Å². The van der Waals surface area contributed by atoms with E-state index in [9.17, 15) is 17.6 Å². The third kappa shape index (κ3) is 3.18. The van der Waals surface area contributed by atoms with Crippen LogP contribution in [0.5, 0.6) is 0 Å². The molecule has 3 N–H and O–H groups in total. The zero-order valence-corrected chi connectivity index (χ0v) is 13.9. The zero-order valence-electron chi connectivity index (χ0n) is 13.9. The monoisotopic (exact) mass is 378 g/mol. The third-order valence-electron chi connectivity index (χ3n) is 4.46. The summed E-state index contributed by atoms with van der Waals surface area (Å²) in [6.45, 7) is 0.958. The first kappa shape index (κ1) is 17.3. The molecule has 0 fully saturated rings. The Morgan fingerprint density at radius 1 is 1.15 bits per heavy atom. The molecule has 27 heavy (non-hydrogen) atoms. The average molecular weight is 378 g/mol. The molecule has 140 valence electrons. The van der Waals surface area contributed by atoms with Gasteiger partial charge in [0.15, 0.2) is 11.6 Å². The van der Waals surface area contributed by atoms with E-state index in [1.807, 2.05) is 4.90 Å². The summed E-state index contributed by atoms with van der Waals surface area (Å²) in [5.74, 6) is -0.634. The molecule has 0 atom stereocenters. The number of halogens is 4. The number of alkyl halides is 3. The van der Waals surface area contributed by atoms with Crippen molar-refractivity contribution in [2.24, 2.45) is 0 Å². The molecule has 0 saturated heterocycles. The van der Waals surface area contributed by atoms with Crippen molar-refractivity contribution in [3.63, 3.8) is 0 Å². The summed E-state index contributed by atoms with van der Waals surface area (Å²) in [5.41, 5.74) is 7.67. The van der Waals surface area contributed by atoms with Gasteiger partial charge in [0, 0.05) is 36.3 Å². The van der Waals surface area contributed by atoms with Gasteiger partial charge < -0.3 is 10.6 Å². The number of rotatable bonds is 2. The molecular weight excluding hydrogens is 364 g/mol. The van der Waals surface area contributed by atoms with E-state index in [4.69, 9.17) is 5.73 Å². The van der Waals surface area contributed by atoms with Crippen molar-refractivity contribution in [1.82, 2.24) is 20.2 Å². The molecule has 0 amide bonds. The molecule has 3 aromatic rings. The van der Waals surface area contributed by atoms with E-state index in [1.54, 1.807) is 0 Å². The normalized spacial score (nSPS) is 14.3. The van der Waals surface area contributed by atoms with E-state index < -0.39 is 17.6 Å². The Morgan fingerprint density at radius 3 is 2.56 bits per heavy atom. The molecule has 4 rings (SSSR count). The maximum absolute atomic E-state index is 13.3. The minimum atomic E-state index is -4.39. The van der Waals surface area contributed by atoms with Crippen molar-refractivity contribution in [1.29, 1.82) is 0 Å². The van der Waals surface area contributed by atoms with Crippen LogP contribution < -0.4 is 10.6 Å². The highest BCUT2D eigenvalue weighted by atomic mass is 19.4. The van der Waals surface area contributed by atoms with Gasteiger partial charge in [-0.05, 0) is 12.1 Å². The van der Waals surface area contributed by atoms with E-state index in [2.05, 4.69) is 20.2 Å². The van der Waals surface area contributed by atoms with E-state index in [1.165, 1.54) is 12.1 Å². The maximum atomic E-state index is 13.3. The lowest BCUT2D eigenvalue weighted by Crippen LogP contribution is -2.32. The summed E-state index contributed by atoms with van der Waals surface area (Å²) in [7, 11) is 0. The summed E-state index contributed by atoms with van der Waals surface area (Å²) < 4.78 is 51.6. The Labute approximate surface area is 151 Å². The highest BCUT2D eigenvalue weighted by molar-refractivity contribution is 5.65. The van der Waals surface area contributed by atoms with Crippen LogP contribution in [-0.4, -0.2) is 26.7 Å². The van der Waals surface area contributed by atoms with Gasteiger partial charge in [-0.1, -0.05) is 12.1 Å². The predicted octanol–water partition coefficient (Wildman–Crippen LogP) is 3.17. The summed E-state index contributed by atoms with van der Waals surface area (Å²) in [4.78, 5) is 9.74. The maximum Gasteiger partial charge on any atom is 0.416 e. The molecule has 0 aliphatic carbocycles. The number of fused-ring (bicyclic) bond motifs is 1. The first-order valence-electron chi connectivity index (χ1n) is 8.09. The third-order valence-corrected chi connectivity index (χ3v) is 4.46. The van der Waals surface area contributed by atoms with Gasteiger partial charge in [0.1, 0.15) is 0 Å². The van der Waals surface area contributed by atoms with E-state index in [0.29, 0.717) is 36.7 Å². The number of aromatic amines is 1. The molecule has 2 aromatic heterocycles. The number of nitrogens with two attached hydrogens (primary N) is 1. The van der Waals surface area contributed by atoms with Gasteiger partial charge >= 0.3 is 6.18 Å². The topological polar surface area (TPSA) is 83.7 Å². The van der Waals surface area contributed by atoms with E-state index in [-0.39, 0.29) is 5.82 Å². The van der Waals surface area contributed by atoms with Crippen LogP contribution >= 0.6 is 0 Å². The lowest BCUT2D eigenvalue weighted by Gasteiger charge is -2.27. The highest BCUT2D eigenvalue weighted by Crippen LogP contribution is 2.33. The molecule has 0 saturated carbocycles. The Hall–Kier alpha value is -3.17. The first-order chi connectivity index (χ1) is 12.8. The second kappa shape index (κ2) is 6.22. The minimum Gasteiger partial charge on any atom is -0.381 e. The molecule has 0 spiro atoms. The second-order valence-corrected chi connectivity index (χ2v) is 6.18. The van der Waals surface area contributed by atoms with Gasteiger partial charge in [-0.2, -0.15) is 23.3 Å². The minimum absolute atomic E-state index is 0.235.